The smallest absolute Gasteiger partial charge is 0.322 e. The Labute approximate surface area is 116 Å². The van der Waals surface area contributed by atoms with Crippen LogP contribution in [0.3, 0.4) is 0 Å². The lowest BCUT2D eigenvalue weighted by atomic mass is 10.3. The number of nitrogens with two attached hydrogens (primary N) is 3. The number of carbonyl (C=O) groups excluding carboxylic acids is 1. The van der Waals surface area contributed by atoms with E-state index < -0.39 is 17.9 Å². The Morgan fingerprint density at radius 3 is 2.45 bits per heavy atom. The van der Waals surface area contributed by atoms with Crippen LogP contribution in [0.15, 0.2) is 4.99 Å². The molecule has 0 rings (SSSR count). The Balaban J connectivity index is 3.40. The van der Waals surface area contributed by atoms with Gasteiger partial charge in [-0.05, 0) is 0 Å². The molecule has 0 radical (unpaired) electrons. The summed E-state index contributed by atoms with van der Waals surface area (Å²) in [6.07, 6.45) is 0. The molecule has 0 heterocycles. The van der Waals surface area contributed by atoms with E-state index in [4.69, 9.17) is 31.8 Å². The van der Waals surface area contributed by atoms with Gasteiger partial charge >= 0.3 is 5.97 Å². The Hall–Kier alpha value is -1.91. The molecule has 0 aromatic heterocycles. The maximum Gasteiger partial charge on any atom is 0.322 e. The van der Waals surface area contributed by atoms with Gasteiger partial charge in [-0.25, -0.2) is 0 Å². The number of carboxylic acid groups (broad SMARTS) is 1. The molecule has 0 aliphatic carbocycles. The minimum Gasteiger partial charge on any atom is -0.480 e. The van der Waals surface area contributed by atoms with E-state index in [2.05, 4.69) is 10.3 Å². The zero-order valence-electron chi connectivity index (χ0n) is 11.1. The molecule has 10 heteroatoms. The molecule has 0 aliphatic rings. The summed E-state index contributed by atoms with van der Waals surface area (Å²) in [5.41, 5.74) is 15.4. The molecule has 0 aromatic carbocycles. The summed E-state index contributed by atoms with van der Waals surface area (Å²) in [5, 5.41) is 10.8. The van der Waals surface area contributed by atoms with Crippen LogP contribution in [0, 0.1) is 0 Å². The summed E-state index contributed by atoms with van der Waals surface area (Å²) < 4.78 is 10.1. The average molecular weight is 291 g/mol. The number of nitrogens with one attached hydrogen (secondary N) is 1. The molecule has 0 bridgehead atoms. The lowest BCUT2D eigenvalue weighted by molar-refractivity contribution is -0.138. The van der Waals surface area contributed by atoms with Gasteiger partial charge in [0.2, 0.25) is 5.91 Å². The molecule has 8 N–H and O–H groups in total. The number of guanidine groups is 1. The highest BCUT2D eigenvalue weighted by atomic mass is 16.5. The van der Waals surface area contributed by atoms with E-state index in [-0.39, 0.29) is 25.7 Å². The highest BCUT2D eigenvalue weighted by molar-refractivity contribution is 5.79. The van der Waals surface area contributed by atoms with Crippen molar-refractivity contribution in [3.8, 4) is 0 Å². The summed E-state index contributed by atoms with van der Waals surface area (Å²) in [6, 6.07) is -1.13. The average Bonchev–Trinajstić information content (AvgIpc) is 2.38. The number of aliphatic carboxylic acids is 1. The van der Waals surface area contributed by atoms with E-state index in [1.54, 1.807) is 0 Å². The fraction of sp³-hybridized carbons (Fsp3) is 0.700. The third-order valence-electron chi connectivity index (χ3n) is 1.97. The summed E-state index contributed by atoms with van der Waals surface area (Å²) in [6.45, 7) is 0.884. The molecule has 0 saturated carbocycles. The summed E-state index contributed by atoms with van der Waals surface area (Å²) in [4.78, 5) is 25.3. The van der Waals surface area contributed by atoms with E-state index in [0.29, 0.717) is 19.8 Å². The fourth-order valence-corrected chi connectivity index (χ4v) is 0.986. The minimum absolute atomic E-state index is 0.00101. The Kier molecular flexibility index (Phi) is 9.92. The number of hydrogen-bond acceptors (Lipinski definition) is 6. The van der Waals surface area contributed by atoms with Gasteiger partial charge in [0.1, 0.15) is 12.6 Å². The molecule has 0 saturated heterocycles. The van der Waals surface area contributed by atoms with Gasteiger partial charge < -0.3 is 37.1 Å². The zero-order valence-corrected chi connectivity index (χ0v) is 11.1. The van der Waals surface area contributed by atoms with Gasteiger partial charge in [-0.1, -0.05) is 0 Å². The van der Waals surface area contributed by atoms with E-state index in [0.717, 1.165) is 0 Å². The number of nitrogens with zero attached hydrogens (tertiary/aromatic N) is 1. The molecular formula is C10H21N5O5. The van der Waals surface area contributed by atoms with Gasteiger partial charge in [-0.2, -0.15) is 0 Å². The summed E-state index contributed by atoms with van der Waals surface area (Å²) in [5.74, 6) is -1.62. The number of amides is 1. The summed E-state index contributed by atoms with van der Waals surface area (Å²) >= 11 is 0. The topological polar surface area (TPSA) is 175 Å². The van der Waals surface area contributed by atoms with Crippen molar-refractivity contribution in [1.82, 2.24) is 5.32 Å². The predicted molar refractivity (Wildman–Crippen MR) is 70.9 cm³/mol. The first-order valence-corrected chi connectivity index (χ1v) is 5.89. The maximum absolute atomic E-state index is 11.2. The largest absolute Gasteiger partial charge is 0.480 e. The third-order valence-corrected chi connectivity index (χ3v) is 1.97. The second-order valence-corrected chi connectivity index (χ2v) is 3.72. The van der Waals surface area contributed by atoms with Gasteiger partial charge in [0.05, 0.1) is 26.4 Å². The number of ether oxygens (including phenoxy) is 2. The Morgan fingerprint density at radius 1 is 1.20 bits per heavy atom. The van der Waals surface area contributed by atoms with Gasteiger partial charge in [-0.15, -0.1) is 0 Å². The van der Waals surface area contributed by atoms with Crippen LogP contribution in [0.5, 0.6) is 0 Å². The van der Waals surface area contributed by atoms with Crippen LogP contribution < -0.4 is 22.5 Å². The molecule has 10 nitrogen and oxygen atoms in total. The second kappa shape index (κ2) is 11.0. The van der Waals surface area contributed by atoms with Crippen LogP contribution in [0.4, 0.5) is 0 Å². The van der Waals surface area contributed by atoms with Gasteiger partial charge in [0.15, 0.2) is 5.96 Å². The van der Waals surface area contributed by atoms with Gasteiger partial charge in [-0.3, -0.25) is 14.6 Å². The molecule has 0 aliphatic heterocycles. The number of carbonyl (C=O) groups is 2. The second-order valence-electron chi connectivity index (χ2n) is 3.72. The summed E-state index contributed by atoms with van der Waals surface area (Å²) in [7, 11) is 0. The van der Waals surface area contributed by atoms with E-state index in [9.17, 15) is 9.59 Å². The Bertz CT molecular complexity index is 332. The quantitative estimate of drug-likeness (QED) is 0.150. The zero-order chi connectivity index (χ0) is 15.4. The first-order valence-electron chi connectivity index (χ1n) is 5.89. The molecule has 0 fully saturated rings. The van der Waals surface area contributed by atoms with Crippen molar-refractivity contribution in [3.63, 3.8) is 0 Å². The predicted octanol–water partition coefficient (Wildman–Crippen LogP) is -3.18. The lowest BCUT2D eigenvalue weighted by Crippen LogP contribution is -2.43. The molecule has 0 aromatic rings. The minimum atomic E-state index is -1.18. The van der Waals surface area contributed by atoms with Crippen LogP contribution in [0.2, 0.25) is 0 Å². The first-order chi connectivity index (χ1) is 9.43. The van der Waals surface area contributed by atoms with Crippen LogP contribution in [-0.4, -0.2) is 68.5 Å². The monoisotopic (exact) mass is 291 g/mol. The maximum atomic E-state index is 11.2. The molecule has 20 heavy (non-hydrogen) atoms. The van der Waals surface area contributed by atoms with Crippen LogP contribution in [0.25, 0.3) is 0 Å². The molecular weight excluding hydrogens is 270 g/mol. The third kappa shape index (κ3) is 11.2. The van der Waals surface area contributed by atoms with Crippen molar-refractivity contribution in [1.29, 1.82) is 0 Å². The standard InChI is InChI=1S/C10H21N5O5/c11-7(9(17)18)5-15-8(16)6-20-4-3-19-2-1-14-10(12)13/h7H,1-6,11H2,(H,15,16)(H,17,18)(H4,12,13,14)/t7-/m0/s1. The molecule has 0 spiro atoms. The molecule has 0 unspecified atom stereocenters. The molecule has 1 amide bonds. The number of carboxylic acids is 1. The lowest BCUT2D eigenvalue weighted by Gasteiger charge is -2.09. The van der Waals surface area contributed by atoms with Gasteiger partial charge in [0.25, 0.3) is 0 Å². The first kappa shape index (κ1) is 18.1. The van der Waals surface area contributed by atoms with Crippen molar-refractivity contribution in [2.24, 2.45) is 22.2 Å². The highest BCUT2D eigenvalue weighted by Gasteiger charge is 2.12. The Morgan fingerprint density at radius 2 is 1.85 bits per heavy atom. The van der Waals surface area contributed by atoms with Crippen LogP contribution in [-0.2, 0) is 19.1 Å². The van der Waals surface area contributed by atoms with Crippen molar-refractivity contribution in [2.45, 2.75) is 6.04 Å². The normalized spacial score (nSPS) is 11.7. The number of aliphatic imine (C=N–C) groups is 1. The number of hydrogen-bond donors (Lipinski definition) is 5. The highest BCUT2D eigenvalue weighted by Crippen LogP contribution is 1.81. The van der Waals surface area contributed by atoms with Crippen molar-refractivity contribution < 1.29 is 24.2 Å². The SMILES string of the molecule is NC(N)=NCCOCCOCC(=O)NC[C@H](N)C(=O)O. The van der Waals surface area contributed by atoms with Crippen molar-refractivity contribution in [2.75, 3.05) is 39.5 Å². The molecule has 116 valence electrons. The van der Waals surface area contributed by atoms with E-state index in [1.807, 2.05) is 0 Å². The van der Waals surface area contributed by atoms with E-state index >= 15 is 0 Å². The van der Waals surface area contributed by atoms with Crippen molar-refractivity contribution in [3.05, 3.63) is 0 Å². The molecule has 1 atom stereocenters. The van der Waals surface area contributed by atoms with Crippen molar-refractivity contribution >= 4 is 17.8 Å². The van der Waals surface area contributed by atoms with E-state index in [1.165, 1.54) is 0 Å². The number of rotatable bonds is 11. The fourth-order valence-electron chi connectivity index (χ4n) is 0.986. The van der Waals surface area contributed by atoms with Crippen LogP contribution in [0.1, 0.15) is 0 Å². The van der Waals surface area contributed by atoms with Crippen LogP contribution >= 0.6 is 0 Å². The van der Waals surface area contributed by atoms with Gasteiger partial charge in [0, 0.05) is 6.54 Å².